The number of carbonyl (C=O) groups excluding carboxylic acids is 3. The third-order valence-corrected chi connectivity index (χ3v) is 9.70. The van der Waals surface area contributed by atoms with Crippen LogP contribution >= 0.6 is 23.4 Å². The van der Waals surface area contributed by atoms with Crippen LogP contribution in [0.1, 0.15) is 0 Å². The number of likely N-dealkylation sites (tertiary alicyclic amines) is 1. The zero-order valence-electron chi connectivity index (χ0n) is 19.9. The van der Waals surface area contributed by atoms with Gasteiger partial charge in [0.2, 0.25) is 11.8 Å². The average molecular weight is 536 g/mol. The molecule has 0 aromatic heterocycles. The number of amides is 3. The second kappa shape index (κ2) is 9.35. The van der Waals surface area contributed by atoms with Gasteiger partial charge in [-0.3, -0.25) is 14.4 Å². The third-order valence-electron chi connectivity index (χ3n) is 7.71. The van der Waals surface area contributed by atoms with Gasteiger partial charge in [0, 0.05) is 41.3 Å². The fourth-order valence-electron chi connectivity index (χ4n) is 6.18. The number of carbonyl (C=O) groups is 3. The number of hydrogen-bond donors (Lipinski definition) is 1. The molecule has 0 bridgehead atoms. The van der Waals surface area contributed by atoms with Crippen LogP contribution in [0.25, 0.3) is 0 Å². The molecule has 1 spiro atoms. The molecule has 3 amide bonds. The lowest BCUT2D eigenvalue weighted by Gasteiger charge is -2.35. The van der Waals surface area contributed by atoms with E-state index in [0.717, 1.165) is 5.69 Å². The highest BCUT2D eigenvalue weighted by Gasteiger charge is 2.71. The second-order valence-electron chi connectivity index (χ2n) is 9.64. The number of para-hydroxylation sites is 1. The maximum absolute atomic E-state index is 14.2. The minimum atomic E-state index is -0.917. The molecule has 5 atom stereocenters. The molecule has 2 aromatic carbocycles. The van der Waals surface area contributed by atoms with Crippen molar-refractivity contribution in [1.82, 2.24) is 4.90 Å². The van der Waals surface area contributed by atoms with Crippen molar-refractivity contribution in [2.75, 3.05) is 36.0 Å². The summed E-state index contributed by atoms with van der Waals surface area (Å²) in [4.78, 5) is 47.1. The Hall–Kier alpha value is -3.07. The van der Waals surface area contributed by atoms with Crippen LogP contribution in [0.2, 0.25) is 5.02 Å². The maximum atomic E-state index is 14.2. The van der Waals surface area contributed by atoms with E-state index in [0.29, 0.717) is 23.8 Å². The minimum absolute atomic E-state index is 0.0279. The van der Waals surface area contributed by atoms with E-state index in [4.69, 9.17) is 11.6 Å². The van der Waals surface area contributed by atoms with Gasteiger partial charge < -0.3 is 19.8 Å². The van der Waals surface area contributed by atoms with E-state index >= 15 is 0 Å². The fraction of sp³-hybridized carbons (Fsp3) is 0.321. The molecular weight excluding hydrogens is 510 g/mol. The van der Waals surface area contributed by atoms with Gasteiger partial charge in [-0.2, -0.15) is 0 Å². The van der Waals surface area contributed by atoms with Crippen LogP contribution in [0.15, 0.2) is 78.9 Å². The van der Waals surface area contributed by atoms with Crippen LogP contribution in [0.5, 0.6) is 0 Å². The molecule has 4 heterocycles. The Morgan fingerprint density at radius 3 is 2.30 bits per heavy atom. The predicted molar refractivity (Wildman–Crippen MR) is 145 cm³/mol. The van der Waals surface area contributed by atoms with E-state index in [-0.39, 0.29) is 36.1 Å². The van der Waals surface area contributed by atoms with E-state index in [9.17, 15) is 19.5 Å². The summed E-state index contributed by atoms with van der Waals surface area (Å²) in [5.74, 6) is -1.94. The molecule has 1 unspecified atom stereocenters. The van der Waals surface area contributed by atoms with Gasteiger partial charge in [-0.15, -0.1) is 11.8 Å². The Kier molecular flexibility index (Phi) is 6.13. The van der Waals surface area contributed by atoms with Crippen LogP contribution in [0, 0.1) is 11.8 Å². The summed E-state index contributed by atoms with van der Waals surface area (Å²) in [7, 11) is 0. The summed E-state index contributed by atoms with van der Waals surface area (Å²) >= 11 is 7.60. The molecular formula is C28H26ClN3O4S. The van der Waals surface area contributed by atoms with Crippen molar-refractivity contribution < 1.29 is 19.5 Å². The predicted octanol–water partition coefficient (Wildman–Crippen LogP) is 3.14. The highest BCUT2D eigenvalue weighted by Crippen LogP contribution is 2.61. The van der Waals surface area contributed by atoms with Gasteiger partial charge in [0.1, 0.15) is 6.04 Å². The first kappa shape index (κ1) is 24.3. The van der Waals surface area contributed by atoms with Crippen LogP contribution in [-0.2, 0) is 14.4 Å². The topological polar surface area (TPSA) is 81.2 Å². The minimum Gasteiger partial charge on any atom is -0.395 e. The molecule has 2 saturated heterocycles. The zero-order valence-corrected chi connectivity index (χ0v) is 21.5. The van der Waals surface area contributed by atoms with Gasteiger partial charge in [0.05, 0.1) is 23.2 Å². The summed E-state index contributed by atoms with van der Waals surface area (Å²) in [5.41, 5.74) is 1.46. The van der Waals surface area contributed by atoms with Crippen molar-refractivity contribution in [1.29, 1.82) is 0 Å². The Morgan fingerprint density at radius 1 is 0.892 bits per heavy atom. The lowest BCUT2D eigenvalue weighted by molar-refractivity contribution is -0.139. The normalized spacial score (nSPS) is 30.8. The first-order chi connectivity index (χ1) is 18.0. The van der Waals surface area contributed by atoms with Crippen molar-refractivity contribution in [3.05, 3.63) is 83.9 Å². The van der Waals surface area contributed by atoms with Crippen molar-refractivity contribution >= 4 is 52.5 Å². The van der Waals surface area contributed by atoms with Gasteiger partial charge in [0.25, 0.3) is 5.91 Å². The van der Waals surface area contributed by atoms with Gasteiger partial charge in [-0.25, -0.2) is 0 Å². The zero-order chi connectivity index (χ0) is 25.7. The van der Waals surface area contributed by atoms with E-state index in [1.807, 2.05) is 54.6 Å². The van der Waals surface area contributed by atoms with Crippen molar-refractivity contribution in [3.63, 3.8) is 0 Å². The Morgan fingerprint density at radius 2 is 1.57 bits per heavy atom. The molecule has 9 heteroatoms. The van der Waals surface area contributed by atoms with Crippen molar-refractivity contribution in [2.45, 2.75) is 16.0 Å². The Labute approximate surface area is 224 Å². The number of rotatable bonds is 4. The van der Waals surface area contributed by atoms with E-state index < -0.39 is 22.6 Å². The summed E-state index contributed by atoms with van der Waals surface area (Å²) in [5, 5.41) is 10.2. The van der Waals surface area contributed by atoms with E-state index in [1.165, 1.54) is 16.7 Å². The molecule has 0 radical (unpaired) electrons. The first-order valence-corrected chi connectivity index (χ1v) is 13.6. The Balaban J connectivity index is 1.43. The number of anilines is 2. The van der Waals surface area contributed by atoms with Crippen LogP contribution < -0.4 is 9.80 Å². The molecule has 4 aliphatic heterocycles. The van der Waals surface area contributed by atoms with Gasteiger partial charge in [-0.05, 0) is 36.4 Å². The third kappa shape index (κ3) is 3.73. The van der Waals surface area contributed by atoms with Crippen LogP contribution in [0.3, 0.4) is 0 Å². The summed E-state index contributed by atoms with van der Waals surface area (Å²) < 4.78 is -0.917. The standard InChI is InChI=1S/C28H26ClN3O4S/c29-18-9-11-20(12-10-18)31-15-5-13-28-23(26(35)32(16-17-33)24(28)27(31)36)22-21(37-28)8-4-14-30(25(22)34)19-6-2-1-3-7-19/h1-13,21-24,33H,14-17H2/t21-,22+,23+,24?,28+/m1/s1. The Bertz CT molecular complexity index is 1300. The lowest BCUT2D eigenvalue weighted by atomic mass is 9.78. The average Bonchev–Trinajstić information content (AvgIpc) is 3.20. The number of β-amino-alcohol motifs (C(OH)–C–C–N with tert-alkyl or cyclic N) is 1. The molecule has 1 N–H and O–H groups in total. The highest BCUT2D eigenvalue weighted by molar-refractivity contribution is 8.02. The number of hydrogen-bond acceptors (Lipinski definition) is 5. The van der Waals surface area contributed by atoms with E-state index in [1.54, 1.807) is 34.1 Å². The molecule has 2 fully saturated rings. The number of fused-ring (bicyclic) bond motifs is 2. The number of aliphatic hydroxyl groups is 1. The van der Waals surface area contributed by atoms with Gasteiger partial charge in [0.15, 0.2) is 0 Å². The number of halogens is 1. The number of thioether (sulfide) groups is 1. The van der Waals surface area contributed by atoms with Crippen molar-refractivity contribution in [3.8, 4) is 0 Å². The number of aliphatic hydroxyl groups excluding tert-OH is 1. The number of nitrogens with zero attached hydrogens (tertiary/aromatic N) is 3. The lowest BCUT2D eigenvalue weighted by Crippen LogP contribution is -2.53. The monoisotopic (exact) mass is 535 g/mol. The molecule has 190 valence electrons. The largest absolute Gasteiger partial charge is 0.395 e. The SMILES string of the molecule is O=C1C2N(CCO)C(=O)[C@@H]3[C@H]4C(=O)N(c5ccccc5)CC=C[C@H]4S[C@]23C=CCN1c1ccc(Cl)cc1. The van der Waals surface area contributed by atoms with Gasteiger partial charge >= 0.3 is 0 Å². The van der Waals surface area contributed by atoms with Gasteiger partial charge in [-0.1, -0.05) is 54.1 Å². The smallest absolute Gasteiger partial charge is 0.251 e. The molecule has 0 aliphatic carbocycles. The number of benzene rings is 2. The molecule has 4 aliphatic rings. The summed E-state index contributed by atoms with van der Waals surface area (Å²) in [6.45, 7) is 0.515. The maximum Gasteiger partial charge on any atom is 0.251 e. The molecule has 2 aromatic rings. The van der Waals surface area contributed by atoms with Crippen molar-refractivity contribution in [2.24, 2.45) is 11.8 Å². The molecule has 0 saturated carbocycles. The molecule has 37 heavy (non-hydrogen) atoms. The van der Waals surface area contributed by atoms with Crippen LogP contribution in [0.4, 0.5) is 11.4 Å². The molecule has 7 nitrogen and oxygen atoms in total. The van der Waals surface area contributed by atoms with E-state index in [2.05, 4.69) is 0 Å². The first-order valence-electron chi connectivity index (χ1n) is 12.3. The molecule has 6 rings (SSSR count). The summed E-state index contributed by atoms with van der Waals surface area (Å²) in [6.07, 6.45) is 7.90. The summed E-state index contributed by atoms with van der Waals surface area (Å²) in [6, 6.07) is 15.6. The van der Waals surface area contributed by atoms with Crippen LogP contribution in [-0.4, -0.2) is 70.0 Å². The quantitative estimate of drug-likeness (QED) is 0.608. The second-order valence-corrected chi connectivity index (χ2v) is 11.6. The highest BCUT2D eigenvalue weighted by atomic mass is 35.5. The fourth-order valence-corrected chi connectivity index (χ4v) is 8.31.